The topological polar surface area (TPSA) is 51.0 Å². The average Bonchev–Trinajstić information content (AvgIpc) is 3.31. The second kappa shape index (κ2) is 6.11. The summed E-state index contributed by atoms with van der Waals surface area (Å²) in [6.45, 7) is 1.72. The van der Waals surface area contributed by atoms with Crippen LogP contribution < -0.4 is 0 Å². The first-order valence-corrected chi connectivity index (χ1v) is 9.93. The fraction of sp³-hybridized carbons (Fsp3) is 0.650. The number of imidazole rings is 1. The van der Waals surface area contributed by atoms with E-state index in [4.69, 9.17) is 4.98 Å². The van der Waals surface area contributed by atoms with Gasteiger partial charge in [-0.15, -0.1) is 0 Å². The summed E-state index contributed by atoms with van der Waals surface area (Å²) in [5, 5.41) is 0. The van der Waals surface area contributed by atoms with E-state index >= 15 is 0 Å². The zero-order valence-corrected chi connectivity index (χ0v) is 14.7. The van der Waals surface area contributed by atoms with Crippen molar-refractivity contribution in [3.05, 3.63) is 24.2 Å². The first-order chi connectivity index (χ1) is 12.3. The molecule has 5 rings (SSSR count). The van der Waals surface area contributed by atoms with Gasteiger partial charge in [0.1, 0.15) is 11.3 Å². The van der Waals surface area contributed by atoms with Gasteiger partial charge < -0.3 is 9.47 Å². The number of aromatic nitrogens is 3. The molecule has 0 N–H and O–H groups in total. The van der Waals surface area contributed by atoms with E-state index in [0.717, 1.165) is 43.5 Å². The zero-order chi connectivity index (χ0) is 16.8. The molecule has 0 aromatic carbocycles. The number of likely N-dealkylation sites (tertiary alicyclic amines) is 1. The summed E-state index contributed by atoms with van der Waals surface area (Å²) < 4.78 is 2.39. The molecule has 5 nitrogen and oxygen atoms in total. The Kier molecular flexibility index (Phi) is 3.75. The highest BCUT2D eigenvalue weighted by atomic mass is 16.2. The molecule has 1 aliphatic heterocycles. The van der Waals surface area contributed by atoms with Gasteiger partial charge in [0.05, 0.1) is 6.04 Å². The number of hydrogen-bond acceptors (Lipinski definition) is 3. The van der Waals surface area contributed by atoms with Gasteiger partial charge in [0.15, 0.2) is 5.65 Å². The van der Waals surface area contributed by atoms with E-state index in [0.29, 0.717) is 23.8 Å². The maximum Gasteiger partial charge on any atom is 0.225 e. The molecule has 1 unspecified atom stereocenters. The molecule has 0 radical (unpaired) electrons. The minimum Gasteiger partial charge on any atom is -0.340 e. The Hall–Kier alpha value is -1.91. The Labute approximate surface area is 148 Å². The molecule has 1 amide bonds. The van der Waals surface area contributed by atoms with Gasteiger partial charge in [-0.25, -0.2) is 9.97 Å². The Bertz CT molecular complexity index is 788. The van der Waals surface area contributed by atoms with Crippen molar-refractivity contribution in [1.29, 1.82) is 0 Å². The van der Waals surface area contributed by atoms with E-state index in [1.807, 2.05) is 12.3 Å². The van der Waals surface area contributed by atoms with Crippen LogP contribution in [0.1, 0.15) is 69.2 Å². The van der Waals surface area contributed by atoms with E-state index in [9.17, 15) is 4.79 Å². The molecule has 25 heavy (non-hydrogen) atoms. The highest BCUT2D eigenvalue weighted by molar-refractivity contribution is 5.80. The highest BCUT2D eigenvalue weighted by Crippen LogP contribution is 2.38. The fourth-order valence-electron chi connectivity index (χ4n) is 4.85. The number of amides is 1. The summed E-state index contributed by atoms with van der Waals surface area (Å²) in [6.07, 6.45) is 11.4. The van der Waals surface area contributed by atoms with Gasteiger partial charge in [-0.3, -0.25) is 4.79 Å². The number of fused-ring (bicyclic) bond motifs is 1. The van der Waals surface area contributed by atoms with Gasteiger partial charge >= 0.3 is 0 Å². The molecule has 2 aromatic heterocycles. The molecular formula is C20H26N4O. The number of carbonyl (C=O) groups excluding carboxylic acids is 1. The third kappa shape index (κ3) is 2.55. The highest BCUT2D eigenvalue weighted by Gasteiger charge is 2.36. The number of hydrogen-bond donors (Lipinski definition) is 0. The zero-order valence-electron chi connectivity index (χ0n) is 14.7. The molecule has 2 aromatic rings. The molecule has 2 aliphatic carbocycles. The van der Waals surface area contributed by atoms with E-state index in [2.05, 4.69) is 20.5 Å². The number of rotatable bonds is 3. The molecule has 1 saturated heterocycles. The SMILES string of the molecule is O=C(C1CCC1)N1CCC(n2c(C3CCCC3)nc3cccnc32)C1. The molecule has 3 heterocycles. The van der Waals surface area contributed by atoms with Crippen molar-refractivity contribution in [1.82, 2.24) is 19.4 Å². The standard InChI is InChI=1S/C20H26N4O/c25-20(15-7-3-8-15)23-12-10-16(13-23)24-18(14-5-1-2-6-14)22-17-9-4-11-21-19(17)24/h4,9,11,14-16H,1-3,5-8,10,12-13H2. The molecule has 1 atom stereocenters. The number of pyridine rings is 1. The van der Waals surface area contributed by atoms with Crippen LogP contribution in [0.4, 0.5) is 0 Å². The van der Waals surface area contributed by atoms with Crippen molar-refractivity contribution < 1.29 is 4.79 Å². The van der Waals surface area contributed by atoms with Gasteiger partial charge in [0.2, 0.25) is 5.91 Å². The smallest absolute Gasteiger partial charge is 0.225 e. The van der Waals surface area contributed by atoms with Crippen LogP contribution >= 0.6 is 0 Å². The number of nitrogens with zero attached hydrogens (tertiary/aromatic N) is 4. The van der Waals surface area contributed by atoms with E-state index in [-0.39, 0.29) is 0 Å². The molecule has 132 valence electrons. The Balaban J connectivity index is 1.47. The Morgan fingerprint density at radius 3 is 2.68 bits per heavy atom. The fourth-order valence-corrected chi connectivity index (χ4v) is 4.85. The molecule has 3 aliphatic rings. The quantitative estimate of drug-likeness (QED) is 0.858. The van der Waals surface area contributed by atoms with Crippen molar-refractivity contribution in [3.63, 3.8) is 0 Å². The van der Waals surface area contributed by atoms with Crippen LogP contribution in [0.15, 0.2) is 18.3 Å². The van der Waals surface area contributed by atoms with Crippen molar-refractivity contribution >= 4 is 17.1 Å². The van der Waals surface area contributed by atoms with Crippen LogP contribution in [0, 0.1) is 5.92 Å². The van der Waals surface area contributed by atoms with Crippen LogP contribution in [0.5, 0.6) is 0 Å². The van der Waals surface area contributed by atoms with Crippen LogP contribution in [0.2, 0.25) is 0 Å². The minimum absolute atomic E-state index is 0.297. The Morgan fingerprint density at radius 1 is 1.08 bits per heavy atom. The minimum atomic E-state index is 0.297. The lowest BCUT2D eigenvalue weighted by molar-refractivity contribution is -0.137. The third-order valence-corrected chi connectivity index (χ3v) is 6.49. The van der Waals surface area contributed by atoms with Crippen molar-refractivity contribution in [2.24, 2.45) is 5.92 Å². The van der Waals surface area contributed by atoms with Crippen LogP contribution in [0.3, 0.4) is 0 Å². The predicted molar refractivity (Wildman–Crippen MR) is 96.3 cm³/mol. The third-order valence-electron chi connectivity index (χ3n) is 6.49. The molecular weight excluding hydrogens is 312 g/mol. The van der Waals surface area contributed by atoms with Crippen LogP contribution in [0.25, 0.3) is 11.2 Å². The van der Waals surface area contributed by atoms with Gasteiger partial charge in [0, 0.05) is 31.1 Å². The number of carbonyl (C=O) groups is 1. The van der Waals surface area contributed by atoms with E-state index in [1.54, 1.807) is 0 Å². The lowest BCUT2D eigenvalue weighted by Gasteiger charge is -2.29. The van der Waals surface area contributed by atoms with Crippen LogP contribution in [-0.2, 0) is 4.79 Å². The van der Waals surface area contributed by atoms with E-state index in [1.165, 1.54) is 37.9 Å². The summed E-state index contributed by atoms with van der Waals surface area (Å²) in [4.78, 5) is 24.3. The lowest BCUT2D eigenvalue weighted by atomic mass is 9.84. The maximum atomic E-state index is 12.6. The monoisotopic (exact) mass is 338 g/mol. The molecule has 0 spiro atoms. The largest absolute Gasteiger partial charge is 0.340 e. The molecule has 3 fully saturated rings. The van der Waals surface area contributed by atoms with Gasteiger partial charge in [-0.2, -0.15) is 0 Å². The summed E-state index contributed by atoms with van der Waals surface area (Å²) in [7, 11) is 0. The van der Waals surface area contributed by atoms with Crippen molar-refractivity contribution in [2.75, 3.05) is 13.1 Å². The van der Waals surface area contributed by atoms with Gasteiger partial charge in [-0.1, -0.05) is 19.3 Å². The Morgan fingerprint density at radius 2 is 1.92 bits per heavy atom. The maximum absolute atomic E-state index is 12.6. The first-order valence-electron chi connectivity index (χ1n) is 9.93. The molecule has 5 heteroatoms. The van der Waals surface area contributed by atoms with Crippen molar-refractivity contribution in [3.8, 4) is 0 Å². The summed E-state index contributed by atoms with van der Waals surface area (Å²) in [6, 6.07) is 4.38. The normalized spacial score (nSPS) is 25.0. The summed E-state index contributed by atoms with van der Waals surface area (Å²) in [5.74, 6) is 2.46. The summed E-state index contributed by atoms with van der Waals surface area (Å²) >= 11 is 0. The second-order valence-corrected chi connectivity index (χ2v) is 8.02. The lowest BCUT2D eigenvalue weighted by Crippen LogP contribution is -2.37. The average molecular weight is 338 g/mol. The van der Waals surface area contributed by atoms with Gasteiger partial charge in [-0.05, 0) is 44.2 Å². The molecule has 0 bridgehead atoms. The molecule has 2 saturated carbocycles. The first kappa shape index (κ1) is 15.4. The van der Waals surface area contributed by atoms with Gasteiger partial charge in [0.25, 0.3) is 0 Å². The van der Waals surface area contributed by atoms with Crippen molar-refractivity contribution in [2.45, 2.75) is 63.3 Å². The van der Waals surface area contributed by atoms with E-state index < -0.39 is 0 Å². The summed E-state index contributed by atoms with van der Waals surface area (Å²) in [5.41, 5.74) is 2.01. The van der Waals surface area contributed by atoms with Crippen LogP contribution in [-0.4, -0.2) is 38.4 Å². The second-order valence-electron chi connectivity index (χ2n) is 8.02. The predicted octanol–water partition coefficient (Wildman–Crippen LogP) is 3.66.